The molecule has 2 rings (SSSR count). The van der Waals surface area contributed by atoms with Crippen molar-refractivity contribution < 1.29 is 9.00 Å². The molecule has 0 aliphatic rings. The predicted octanol–water partition coefficient (Wildman–Crippen LogP) is 3.63. The SMILES string of the molecule is CN([C@@H](Cc1ccccc1)C(=O)Nc1ccccc1)[S@](=O)C(C)(C)C. The first-order chi connectivity index (χ1) is 11.8. The van der Waals surface area contributed by atoms with E-state index in [-0.39, 0.29) is 5.91 Å². The number of benzene rings is 2. The highest BCUT2D eigenvalue weighted by atomic mass is 32.2. The molecule has 1 N–H and O–H groups in total. The van der Waals surface area contributed by atoms with E-state index in [1.807, 2.05) is 81.4 Å². The van der Waals surface area contributed by atoms with Crippen molar-refractivity contribution in [2.24, 2.45) is 0 Å². The van der Waals surface area contributed by atoms with Gasteiger partial charge >= 0.3 is 0 Å². The van der Waals surface area contributed by atoms with E-state index in [0.717, 1.165) is 11.3 Å². The minimum atomic E-state index is -1.29. The molecule has 0 saturated carbocycles. The van der Waals surface area contributed by atoms with Crippen LogP contribution in [0.25, 0.3) is 0 Å². The Morgan fingerprint density at radius 2 is 1.56 bits per heavy atom. The Bertz CT molecular complexity index is 711. The van der Waals surface area contributed by atoms with Gasteiger partial charge < -0.3 is 5.32 Å². The Labute approximate surface area is 152 Å². The van der Waals surface area contributed by atoms with Crippen molar-refractivity contribution >= 4 is 22.6 Å². The highest BCUT2D eigenvalue weighted by Gasteiger charge is 2.32. The molecule has 2 aromatic rings. The van der Waals surface area contributed by atoms with Gasteiger partial charge in [0.1, 0.15) is 17.0 Å². The fraction of sp³-hybridized carbons (Fsp3) is 0.350. The smallest absolute Gasteiger partial charge is 0.243 e. The molecule has 5 heteroatoms. The third-order valence-corrected chi connectivity index (χ3v) is 5.67. The lowest BCUT2D eigenvalue weighted by atomic mass is 10.1. The zero-order valence-electron chi connectivity index (χ0n) is 15.2. The normalized spacial score (nSPS) is 14.1. The van der Waals surface area contributed by atoms with Gasteiger partial charge in [-0.25, -0.2) is 8.51 Å². The fourth-order valence-electron chi connectivity index (χ4n) is 2.52. The van der Waals surface area contributed by atoms with E-state index >= 15 is 0 Å². The van der Waals surface area contributed by atoms with E-state index in [1.165, 1.54) is 0 Å². The van der Waals surface area contributed by atoms with Gasteiger partial charge in [-0.3, -0.25) is 4.79 Å². The molecule has 2 aromatic carbocycles. The molecule has 0 saturated heterocycles. The van der Waals surface area contributed by atoms with Crippen LogP contribution >= 0.6 is 0 Å². The Hall–Kier alpha value is -1.98. The lowest BCUT2D eigenvalue weighted by Crippen LogP contribution is -2.48. The van der Waals surface area contributed by atoms with Crippen LogP contribution in [0.15, 0.2) is 60.7 Å². The van der Waals surface area contributed by atoms with Crippen LogP contribution in [0.1, 0.15) is 26.3 Å². The number of nitrogens with one attached hydrogen (secondary N) is 1. The van der Waals surface area contributed by atoms with Crippen molar-refractivity contribution in [2.45, 2.75) is 38.0 Å². The minimum absolute atomic E-state index is 0.157. The summed E-state index contributed by atoms with van der Waals surface area (Å²) in [5.41, 5.74) is 1.77. The number of nitrogens with zero attached hydrogens (tertiary/aromatic N) is 1. The van der Waals surface area contributed by atoms with Crippen LogP contribution in [0.4, 0.5) is 5.69 Å². The standard InChI is InChI=1S/C20H26N2O2S/c1-20(2,3)25(24)22(4)18(15-16-11-7-5-8-12-16)19(23)21-17-13-9-6-10-14-17/h5-14,18H,15H2,1-4H3,(H,21,23)/t18-,25+/m0/s1. The average Bonchev–Trinajstić information content (AvgIpc) is 2.59. The monoisotopic (exact) mass is 358 g/mol. The molecule has 0 radical (unpaired) electrons. The first kappa shape index (κ1) is 19.3. The van der Waals surface area contributed by atoms with Crippen molar-refractivity contribution in [3.63, 3.8) is 0 Å². The second-order valence-corrected chi connectivity index (χ2v) is 9.27. The van der Waals surface area contributed by atoms with E-state index in [0.29, 0.717) is 6.42 Å². The van der Waals surface area contributed by atoms with Crippen LogP contribution in [0.5, 0.6) is 0 Å². The molecule has 0 aromatic heterocycles. The molecule has 0 fully saturated rings. The topological polar surface area (TPSA) is 49.4 Å². The van der Waals surface area contributed by atoms with Gasteiger partial charge in [-0.1, -0.05) is 48.5 Å². The minimum Gasteiger partial charge on any atom is -0.325 e. The number of rotatable bonds is 6. The van der Waals surface area contributed by atoms with Crippen molar-refractivity contribution in [3.05, 3.63) is 66.2 Å². The number of likely N-dealkylation sites (N-methyl/N-ethyl adjacent to an activating group) is 1. The molecule has 0 aliphatic heterocycles. The number of amides is 1. The van der Waals surface area contributed by atoms with Crippen LogP contribution in [0, 0.1) is 0 Å². The van der Waals surface area contributed by atoms with E-state index in [9.17, 15) is 9.00 Å². The molecule has 2 atom stereocenters. The Morgan fingerprint density at radius 1 is 1.04 bits per heavy atom. The molecule has 25 heavy (non-hydrogen) atoms. The lowest BCUT2D eigenvalue weighted by Gasteiger charge is -2.31. The summed E-state index contributed by atoms with van der Waals surface area (Å²) in [5.74, 6) is -0.157. The number of carbonyl (C=O) groups excluding carboxylic acids is 1. The van der Waals surface area contributed by atoms with E-state index in [1.54, 1.807) is 11.4 Å². The lowest BCUT2D eigenvalue weighted by molar-refractivity contribution is -0.119. The summed E-state index contributed by atoms with van der Waals surface area (Å²) in [4.78, 5) is 12.9. The van der Waals surface area contributed by atoms with Gasteiger partial charge in [0.15, 0.2) is 0 Å². The second-order valence-electron chi connectivity index (χ2n) is 6.97. The predicted molar refractivity (Wildman–Crippen MR) is 105 cm³/mol. The van der Waals surface area contributed by atoms with Crippen LogP contribution in [0.2, 0.25) is 0 Å². The summed E-state index contributed by atoms with van der Waals surface area (Å²) in [6, 6.07) is 18.6. The summed E-state index contributed by atoms with van der Waals surface area (Å²) >= 11 is 0. The molecular weight excluding hydrogens is 332 g/mol. The van der Waals surface area contributed by atoms with Crippen molar-refractivity contribution in [2.75, 3.05) is 12.4 Å². The maximum Gasteiger partial charge on any atom is 0.243 e. The highest BCUT2D eigenvalue weighted by molar-refractivity contribution is 7.84. The molecule has 0 spiro atoms. The van der Waals surface area contributed by atoms with Crippen molar-refractivity contribution in [1.82, 2.24) is 4.31 Å². The molecule has 0 aliphatic carbocycles. The van der Waals surface area contributed by atoms with Crippen LogP contribution < -0.4 is 5.32 Å². The Morgan fingerprint density at radius 3 is 2.08 bits per heavy atom. The van der Waals surface area contributed by atoms with Gasteiger partial charge in [0, 0.05) is 12.7 Å². The largest absolute Gasteiger partial charge is 0.325 e. The van der Waals surface area contributed by atoms with Gasteiger partial charge in [-0.15, -0.1) is 0 Å². The third kappa shape index (κ3) is 5.51. The Kier molecular flexibility index (Phi) is 6.51. The molecule has 4 nitrogen and oxygen atoms in total. The summed E-state index contributed by atoms with van der Waals surface area (Å²) in [6.45, 7) is 5.73. The maximum atomic E-state index is 12.9. The van der Waals surface area contributed by atoms with Crippen LogP contribution in [0.3, 0.4) is 0 Å². The average molecular weight is 359 g/mol. The first-order valence-electron chi connectivity index (χ1n) is 8.33. The van der Waals surface area contributed by atoms with E-state index in [2.05, 4.69) is 5.32 Å². The number of hydrogen-bond donors (Lipinski definition) is 1. The first-order valence-corrected chi connectivity index (χ1v) is 9.44. The third-order valence-electron chi connectivity index (χ3n) is 3.84. The summed E-state index contributed by atoms with van der Waals surface area (Å²) in [6.07, 6.45) is 0.498. The summed E-state index contributed by atoms with van der Waals surface area (Å²) in [5, 5.41) is 2.93. The molecule has 0 bridgehead atoms. The number of anilines is 1. The number of carbonyl (C=O) groups is 1. The fourth-order valence-corrected chi connectivity index (χ4v) is 3.78. The van der Waals surface area contributed by atoms with Crippen LogP contribution in [-0.4, -0.2) is 32.3 Å². The summed E-state index contributed by atoms with van der Waals surface area (Å²) in [7, 11) is 0.458. The molecule has 0 unspecified atom stereocenters. The van der Waals surface area contributed by atoms with Crippen molar-refractivity contribution in [1.29, 1.82) is 0 Å². The number of para-hydroxylation sites is 1. The van der Waals surface area contributed by atoms with Gasteiger partial charge in [0.2, 0.25) is 5.91 Å². The number of hydrogen-bond acceptors (Lipinski definition) is 2. The molecule has 1 amide bonds. The van der Waals surface area contributed by atoms with Gasteiger partial charge in [0.25, 0.3) is 0 Å². The van der Waals surface area contributed by atoms with Crippen LogP contribution in [-0.2, 0) is 22.2 Å². The van der Waals surface area contributed by atoms with Crippen molar-refractivity contribution in [3.8, 4) is 0 Å². The summed E-state index contributed by atoms with van der Waals surface area (Å²) < 4.78 is 14.0. The zero-order chi connectivity index (χ0) is 18.4. The van der Waals surface area contributed by atoms with Gasteiger partial charge in [0.05, 0.1) is 4.75 Å². The second kappa shape index (κ2) is 8.41. The molecular formula is C20H26N2O2S. The van der Waals surface area contributed by atoms with Gasteiger partial charge in [-0.05, 0) is 44.9 Å². The molecule has 134 valence electrons. The quantitative estimate of drug-likeness (QED) is 0.857. The molecule has 0 heterocycles. The maximum absolute atomic E-state index is 12.9. The van der Waals surface area contributed by atoms with E-state index in [4.69, 9.17) is 0 Å². The Balaban J connectivity index is 2.24. The zero-order valence-corrected chi connectivity index (χ0v) is 16.0. The van der Waals surface area contributed by atoms with Gasteiger partial charge in [-0.2, -0.15) is 0 Å². The van der Waals surface area contributed by atoms with E-state index < -0.39 is 21.8 Å². The highest BCUT2D eigenvalue weighted by Crippen LogP contribution is 2.20.